The van der Waals surface area contributed by atoms with Crippen molar-refractivity contribution in [3.8, 4) is 11.5 Å². The molecule has 0 aromatic heterocycles. The second-order valence-corrected chi connectivity index (χ2v) is 11.8. The molecule has 7 rings (SSSR count). The first kappa shape index (κ1) is 27.4. The number of fused-ring (bicyclic) bond motifs is 1. The van der Waals surface area contributed by atoms with Crippen molar-refractivity contribution in [1.29, 1.82) is 0 Å². The highest BCUT2D eigenvalue weighted by molar-refractivity contribution is 6.05. The predicted octanol–water partition coefficient (Wildman–Crippen LogP) is 6.86. The van der Waals surface area contributed by atoms with Crippen molar-refractivity contribution in [2.75, 3.05) is 0 Å². The molecule has 1 atom stereocenters. The number of halogens is 4. The summed E-state index contributed by atoms with van der Waals surface area (Å²) in [5.41, 5.74) is 0.0351. The van der Waals surface area contributed by atoms with Crippen molar-refractivity contribution in [3.05, 3.63) is 71.5 Å². The van der Waals surface area contributed by atoms with E-state index in [1.807, 2.05) is 0 Å². The highest BCUT2D eigenvalue weighted by Gasteiger charge is 2.56. The summed E-state index contributed by atoms with van der Waals surface area (Å²) in [4.78, 5) is 26.3. The van der Waals surface area contributed by atoms with Crippen LogP contribution < -0.4 is 14.8 Å². The molecule has 0 unspecified atom stereocenters. The summed E-state index contributed by atoms with van der Waals surface area (Å²) in [7, 11) is 0. The molecule has 4 saturated carbocycles. The van der Waals surface area contributed by atoms with Crippen molar-refractivity contribution >= 4 is 22.6 Å². The SMILES string of the molecule is O=C(N[C@H](C(=O)O)C12CC3CC(CC(C3)C1)C2)c1ccc2ccc(F)cc2c1OCc1ccc(OC(F)(F)F)cc1. The molecule has 216 valence electrons. The molecule has 0 saturated heterocycles. The third-order valence-corrected chi connectivity index (χ3v) is 8.94. The summed E-state index contributed by atoms with van der Waals surface area (Å²) in [5.74, 6) is -1.14. The molecule has 10 heteroatoms. The summed E-state index contributed by atoms with van der Waals surface area (Å²) in [6.45, 7) is -0.139. The number of amides is 1. The van der Waals surface area contributed by atoms with Gasteiger partial charge in [-0.1, -0.05) is 24.3 Å². The van der Waals surface area contributed by atoms with Crippen LogP contribution in [0.1, 0.15) is 54.4 Å². The minimum Gasteiger partial charge on any atom is -0.487 e. The van der Waals surface area contributed by atoms with Crippen LogP contribution in [-0.2, 0) is 11.4 Å². The Morgan fingerprint density at radius 2 is 1.56 bits per heavy atom. The Hall–Kier alpha value is -3.82. The van der Waals surface area contributed by atoms with E-state index in [9.17, 15) is 32.3 Å². The number of nitrogens with one attached hydrogen (secondary N) is 1. The van der Waals surface area contributed by atoms with Gasteiger partial charge in [0.25, 0.3) is 5.91 Å². The van der Waals surface area contributed by atoms with Crippen LogP contribution in [0.5, 0.6) is 11.5 Å². The normalized spacial score (nSPS) is 25.6. The first-order valence-corrected chi connectivity index (χ1v) is 13.7. The first-order chi connectivity index (χ1) is 19.5. The Bertz CT molecular complexity index is 1450. The molecule has 2 N–H and O–H groups in total. The van der Waals surface area contributed by atoms with E-state index in [0.717, 1.165) is 50.7 Å². The van der Waals surface area contributed by atoms with Gasteiger partial charge in [-0.25, -0.2) is 9.18 Å². The molecule has 1 amide bonds. The number of benzene rings is 3. The smallest absolute Gasteiger partial charge is 0.487 e. The Morgan fingerprint density at radius 1 is 0.951 bits per heavy atom. The highest BCUT2D eigenvalue weighted by Crippen LogP contribution is 2.61. The molecule has 0 heterocycles. The fourth-order valence-electron chi connectivity index (χ4n) is 7.76. The molecule has 3 aromatic rings. The molecule has 3 aromatic carbocycles. The average molecular weight is 572 g/mol. The highest BCUT2D eigenvalue weighted by atomic mass is 19.4. The molecule has 4 aliphatic carbocycles. The summed E-state index contributed by atoms with van der Waals surface area (Å²) >= 11 is 0. The van der Waals surface area contributed by atoms with Crippen molar-refractivity contribution in [3.63, 3.8) is 0 Å². The monoisotopic (exact) mass is 571 g/mol. The van der Waals surface area contributed by atoms with E-state index >= 15 is 0 Å². The van der Waals surface area contributed by atoms with Crippen LogP contribution >= 0.6 is 0 Å². The summed E-state index contributed by atoms with van der Waals surface area (Å²) in [6, 6.07) is 11.2. The zero-order valence-corrected chi connectivity index (χ0v) is 22.0. The number of hydrogen-bond donors (Lipinski definition) is 2. The molecule has 4 bridgehead atoms. The summed E-state index contributed by atoms with van der Waals surface area (Å²) in [5, 5.41) is 14.0. The number of carboxylic acids is 1. The van der Waals surface area contributed by atoms with Crippen LogP contribution in [0.2, 0.25) is 0 Å². The molecule has 4 fully saturated rings. The number of aliphatic carboxylic acids is 1. The minimum atomic E-state index is -4.82. The van der Waals surface area contributed by atoms with Crippen molar-refractivity contribution in [2.45, 2.75) is 57.5 Å². The van der Waals surface area contributed by atoms with Gasteiger partial charge in [0.2, 0.25) is 0 Å². The number of ether oxygens (including phenoxy) is 2. The Morgan fingerprint density at radius 3 is 2.15 bits per heavy atom. The lowest BCUT2D eigenvalue weighted by molar-refractivity contribution is -0.274. The minimum absolute atomic E-state index is 0.0519. The number of alkyl halides is 3. The molecule has 0 radical (unpaired) electrons. The van der Waals surface area contributed by atoms with Crippen molar-refractivity contribution < 1.29 is 41.7 Å². The van der Waals surface area contributed by atoms with Crippen molar-refractivity contribution in [1.82, 2.24) is 5.32 Å². The van der Waals surface area contributed by atoms with Gasteiger partial charge < -0.3 is 19.9 Å². The second-order valence-electron chi connectivity index (χ2n) is 11.8. The second kappa shape index (κ2) is 10.2. The summed E-state index contributed by atoms with van der Waals surface area (Å²) < 4.78 is 61.7. The Labute approximate surface area is 233 Å². The molecule has 4 aliphatic rings. The predicted molar refractivity (Wildman–Crippen MR) is 141 cm³/mol. The Kier molecular flexibility index (Phi) is 6.82. The fraction of sp³-hybridized carbons (Fsp3) is 0.419. The van der Waals surface area contributed by atoms with Crippen LogP contribution in [-0.4, -0.2) is 29.4 Å². The van der Waals surface area contributed by atoms with Crippen molar-refractivity contribution in [2.24, 2.45) is 23.2 Å². The molecule has 6 nitrogen and oxygen atoms in total. The standard InChI is InChI=1S/C31H29F4NO5/c32-22-5-3-21-4-8-24(26(25(21)12-22)40-16-17-1-6-23(7-2-17)41-31(33,34)35)28(37)36-27(29(38)39)30-13-18-9-19(14-30)11-20(10-18)15-30/h1-8,12,18-20,27H,9-11,13-16H2,(H,36,37)(H,38,39)/t18?,19?,20?,27-,30?/m1/s1. The van der Waals surface area contributed by atoms with Gasteiger partial charge in [0, 0.05) is 10.8 Å². The lowest BCUT2D eigenvalue weighted by Crippen LogP contribution is -2.59. The fourth-order valence-corrected chi connectivity index (χ4v) is 7.76. The van der Waals surface area contributed by atoms with Crippen LogP contribution in [0.25, 0.3) is 10.8 Å². The van der Waals surface area contributed by atoms with Crippen LogP contribution in [0.3, 0.4) is 0 Å². The zero-order valence-electron chi connectivity index (χ0n) is 22.0. The van der Waals surface area contributed by atoms with Gasteiger partial charge in [0.15, 0.2) is 0 Å². The van der Waals surface area contributed by atoms with Gasteiger partial charge in [-0.2, -0.15) is 0 Å². The van der Waals surface area contributed by atoms with Gasteiger partial charge in [-0.05, 0) is 97.6 Å². The number of carbonyl (C=O) groups excluding carboxylic acids is 1. The number of rotatable bonds is 8. The maximum absolute atomic E-state index is 14.3. The van der Waals surface area contributed by atoms with E-state index in [2.05, 4.69) is 10.1 Å². The number of carboxylic acid groups (broad SMARTS) is 1. The molecule has 0 aliphatic heterocycles. The number of carbonyl (C=O) groups is 2. The van der Waals surface area contributed by atoms with E-state index in [1.165, 1.54) is 36.4 Å². The topological polar surface area (TPSA) is 84.9 Å². The van der Waals surface area contributed by atoms with E-state index in [4.69, 9.17) is 4.74 Å². The average Bonchev–Trinajstić information content (AvgIpc) is 2.89. The van der Waals surface area contributed by atoms with E-state index in [-0.39, 0.29) is 17.9 Å². The third-order valence-electron chi connectivity index (χ3n) is 8.94. The van der Waals surface area contributed by atoms with Gasteiger partial charge in [-0.15, -0.1) is 13.2 Å². The van der Waals surface area contributed by atoms with Crippen LogP contribution in [0, 0.1) is 29.0 Å². The zero-order chi connectivity index (χ0) is 28.9. The number of hydrogen-bond acceptors (Lipinski definition) is 4. The molecule has 0 spiro atoms. The van der Waals surface area contributed by atoms with E-state index < -0.39 is 41.3 Å². The molecular weight excluding hydrogens is 542 g/mol. The van der Waals surface area contributed by atoms with E-state index in [1.54, 1.807) is 6.07 Å². The third kappa shape index (κ3) is 5.56. The van der Waals surface area contributed by atoms with E-state index in [0.29, 0.717) is 34.1 Å². The van der Waals surface area contributed by atoms with Gasteiger partial charge in [-0.3, -0.25) is 4.79 Å². The van der Waals surface area contributed by atoms with Gasteiger partial charge in [0.1, 0.15) is 30.0 Å². The lowest BCUT2D eigenvalue weighted by atomic mass is 9.47. The quantitative estimate of drug-likeness (QED) is 0.289. The Balaban J connectivity index is 1.28. The van der Waals surface area contributed by atoms with Crippen LogP contribution in [0.15, 0.2) is 54.6 Å². The maximum Gasteiger partial charge on any atom is 0.573 e. The summed E-state index contributed by atoms with van der Waals surface area (Å²) in [6.07, 6.45) is 0.867. The van der Waals surface area contributed by atoms with Crippen LogP contribution in [0.4, 0.5) is 17.6 Å². The van der Waals surface area contributed by atoms with Gasteiger partial charge >= 0.3 is 12.3 Å². The first-order valence-electron chi connectivity index (χ1n) is 13.7. The lowest BCUT2D eigenvalue weighted by Gasteiger charge is -2.58. The van der Waals surface area contributed by atoms with Gasteiger partial charge in [0.05, 0.1) is 5.56 Å². The largest absolute Gasteiger partial charge is 0.573 e. The molecular formula is C31H29F4NO5. The molecule has 41 heavy (non-hydrogen) atoms. The maximum atomic E-state index is 14.3.